The number of rotatable bonds is 5. The summed E-state index contributed by atoms with van der Waals surface area (Å²) in [5.74, 6) is 1.15. The van der Waals surface area contributed by atoms with Crippen LogP contribution < -0.4 is 10.6 Å². The average molecular weight is 333 g/mol. The van der Waals surface area contributed by atoms with E-state index in [0.29, 0.717) is 11.8 Å². The molecule has 25 heavy (non-hydrogen) atoms. The lowest BCUT2D eigenvalue weighted by atomic mass is 10.1. The number of aromatic nitrogens is 3. The van der Waals surface area contributed by atoms with Crippen molar-refractivity contribution in [3.05, 3.63) is 64.8 Å². The predicted octanol–water partition coefficient (Wildman–Crippen LogP) is 4.85. The molecule has 0 amide bonds. The van der Waals surface area contributed by atoms with Gasteiger partial charge in [0.05, 0.1) is 6.20 Å². The van der Waals surface area contributed by atoms with Gasteiger partial charge in [-0.25, -0.2) is 0 Å². The lowest BCUT2D eigenvalue weighted by Gasteiger charge is -2.14. The van der Waals surface area contributed by atoms with Gasteiger partial charge in [-0.2, -0.15) is 10.1 Å². The van der Waals surface area contributed by atoms with Gasteiger partial charge in [0.15, 0.2) is 5.82 Å². The number of anilines is 4. The Morgan fingerprint density at radius 2 is 1.68 bits per heavy atom. The second-order valence-corrected chi connectivity index (χ2v) is 6.13. The van der Waals surface area contributed by atoms with Crippen molar-refractivity contribution in [2.75, 3.05) is 10.6 Å². The van der Waals surface area contributed by atoms with Gasteiger partial charge in [-0.1, -0.05) is 37.3 Å². The zero-order chi connectivity index (χ0) is 17.8. The highest BCUT2D eigenvalue weighted by atomic mass is 15.3. The molecule has 0 unspecified atom stereocenters. The van der Waals surface area contributed by atoms with Gasteiger partial charge in [0.1, 0.15) is 0 Å². The molecule has 128 valence electrons. The van der Waals surface area contributed by atoms with E-state index in [9.17, 15) is 0 Å². The van der Waals surface area contributed by atoms with Crippen molar-refractivity contribution < 1.29 is 0 Å². The molecule has 0 spiro atoms. The molecule has 0 saturated carbocycles. The van der Waals surface area contributed by atoms with Crippen LogP contribution in [0, 0.1) is 20.8 Å². The Morgan fingerprint density at radius 3 is 2.48 bits per heavy atom. The number of para-hydroxylation sites is 1. The first-order valence-electron chi connectivity index (χ1n) is 8.47. The summed E-state index contributed by atoms with van der Waals surface area (Å²) in [6.07, 6.45) is 2.59. The van der Waals surface area contributed by atoms with Crippen molar-refractivity contribution in [3.8, 4) is 0 Å². The Balaban J connectivity index is 1.86. The summed E-state index contributed by atoms with van der Waals surface area (Å²) in [6, 6.07) is 12.4. The minimum Gasteiger partial charge on any atom is -0.338 e. The van der Waals surface area contributed by atoms with Gasteiger partial charge < -0.3 is 10.6 Å². The third-order valence-electron chi connectivity index (χ3n) is 4.40. The second-order valence-electron chi connectivity index (χ2n) is 6.13. The van der Waals surface area contributed by atoms with E-state index in [0.717, 1.165) is 17.8 Å². The largest absolute Gasteiger partial charge is 0.338 e. The van der Waals surface area contributed by atoms with E-state index in [4.69, 9.17) is 0 Å². The summed E-state index contributed by atoms with van der Waals surface area (Å²) in [5.41, 5.74) is 6.91. The van der Waals surface area contributed by atoms with Gasteiger partial charge in [0.2, 0.25) is 5.95 Å². The van der Waals surface area contributed by atoms with Crippen LogP contribution >= 0.6 is 0 Å². The SMILES string of the molecule is CCc1cccc(C)c1Nc1cnnc(Nc2cccc(C)c2C)n1. The van der Waals surface area contributed by atoms with Crippen molar-refractivity contribution in [3.63, 3.8) is 0 Å². The highest BCUT2D eigenvalue weighted by Crippen LogP contribution is 2.25. The maximum atomic E-state index is 4.55. The smallest absolute Gasteiger partial charge is 0.249 e. The third-order valence-corrected chi connectivity index (χ3v) is 4.40. The summed E-state index contributed by atoms with van der Waals surface area (Å²) in [6.45, 7) is 8.40. The Hall–Kier alpha value is -2.95. The van der Waals surface area contributed by atoms with Crippen LogP contribution in [0.15, 0.2) is 42.6 Å². The van der Waals surface area contributed by atoms with E-state index in [1.807, 2.05) is 12.1 Å². The van der Waals surface area contributed by atoms with Gasteiger partial charge in [0, 0.05) is 11.4 Å². The van der Waals surface area contributed by atoms with Crippen molar-refractivity contribution in [2.24, 2.45) is 0 Å². The summed E-state index contributed by atoms with van der Waals surface area (Å²) in [7, 11) is 0. The van der Waals surface area contributed by atoms with Gasteiger partial charge in [-0.15, -0.1) is 5.10 Å². The first-order chi connectivity index (χ1) is 12.1. The number of hydrogen-bond acceptors (Lipinski definition) is 5. The van der Waals surface area contributed by atoms with Crippen LogP contribution in [-0.2, 0) is 6.42 Å². The molecule has 0 radical (unpaired) electrons. The van der Waals surface area contributed by atoms with Crippen LogP contribution in [0.4, 0.5) is 23.1 Å². The van der Waals surface area contributed by atoms with Gasteiger partial charge in [0.25, 0.3) is 0 Å². The molecule has 0 fully saturated rings. The molecule has 0 aliphatic rings. The molecule has 1 aromatic heterocycles. The monoisotopic (exact) mass is 333 g/mol. The van der Waals surface area contributed by atoms with Crippen LogP contribution in [0.1, 0.15) is 29.2 Å². The van der Waals surface area contributed by atoms with Crippen LogP contribution in [0.25, 0.3) is 0 Å². The minimum atomic E-state index is 0.477. The van der Waals surface area contributed by atoms with Crippen LogP contribution in [0.5, 0.6) is 0 Å². The van der Waals surface area contributed by atoms with Gasteiger partial charge >= 0.3 is 0 Å². The first-order valence-corrected chi connectivity index (χ1v) is 8.47. The highest BCUT2D eigenvalue weighted by molar-refractivity contribution is 5.66. The summed E-state index contributed by atoms with van der Waals surface area (Å²) in [4.78, 5) is 4.55. The predicted molar refractivity (Wildman–Crippen MR) is 103 cm³/mol. The maximum Gasteiger partial charge on any atom is 0.249 e. The minimum absolute atomic E-state index is 0.477. The molecule has 2 aromatic carbocycles. The zero-order valence-corrected chi connectivity index (χ0v) is 15.1. The van der Waals surface area contributed by atoms with Gasteiger partial charge in [-0.05, 0) is 55.5 Å². The molecule has 0 aliphatic heterocycles. The Labute approximate surface area is 148 Å². The molecule has 1 heterocycles. The van der Waals surface area contributed by atoms with E-state index in [1.54, 1.807) is 6.20 Å². The Kier molecular flexibility index (Phi) is 4.93. The van der Waals surface area contributed by atoms with E-state index in [2.05, 4.69) is 77.8 Å². The molecular formula is C20H23N5. The van der Waals surface area contributed by atoms with Crippen LogP contribution in [0.3, 0.4) is 0 Å². The lowest BCUT2D eigenvalue weighted by Crippen LogP contribution is -2.05. The quantitative estimate of drug-likeness (QED) is 0.699. The molecule has 3 aromatic rings. The number of nitrogens with zero attached hydrogens (tertiary/aromatic N) is 3. The average Bonchev–Trinajstić information content (AvgIpc) is 2.61. The first kappa shape index (κ1) is 16.9. The summed E-state index contributed by atoms with van der Waals surface area (Å²) in [5, 5.41) is 14.8. The molecule has 0 atom stereocenters. The van der Waals surface area contributed by atoms with Crippen molar-refractivity contribution in [1.82, 2.24) is 15.2 Å². The summed E-state index contributed by atoms with van der Waals surface area (Å²) >= 11 is 0. The third kappa shape index (κ3) is 3.76. The second kappa shape index (κ2) is 7.30. The van der Waals surface area contributed by atoms with Crippen molar-refractivity contribution in [2.45, 2.75) is 34.1 Å². The number of nitrogens with one attached hydrogen (secondary N) is 2. The van der Waals surface area contributed by atoms with Crippen LogP contribution in [0.2, 0.25) is 0 Å². The van der Waals surface area contributed by atoms with E-state index in [-0.39, 0.29) is 0 Å². The topological polar surface area (TPSA) is 62.7 Å². The molecule has 3 rings (SSSR count). The van der Waals surface area contributed by atoms with Crippen molar-refractivity contribution in [1.29, 1.82) is 0 Å². The fraction of sp³-hybridized carbons (Fsp3) is 0.250. The fourth-order valence-corrected chi connectivity index (χ4v) is 2.75. The van der Waals surface area contributed by atoms with Gasteiger partial charge in [-0.3, -0.25) is 0 Å². The van der Waals surface area contributed by atoms with Crippen LogP contribution in [-0.4, -0.2) is 15.2 Å². The number of benzene rings is 2. The fourth-order valence-electron chi connectivity index (χ4n) is 2.75. The van der Waals surface area contributed by atoms with E-state index >= 15 is 0 Å². The zero-order valence-electron chi connectivity index (χ0n) is 15.1. The number of hydrogen-bond donors (Lipinski definition) is 2. The molecular weight excluding hydrogens is 310 g/mol. The van der Waals surface area contributed by atoms with E-state index in [1.165, 1.54) is 22.3 Å². The molecule has 2 N–H and O–H groups in total. The highest BCUT2D eigenvalue weighted by Gasteiger charge is 2.08. The Bertz CT molecular complexity index is 889. The molecule has 5 nitrogen and oxygen atoms in total. The van der Waals surface area contributed by atoms with E-state index < -0.39 is 0 Å². The molecule has 5 heteroatoms. The lowest BCUT2D eigenvalue weighted by molar-refractivity contribution is 0.980. The standard InChI is InChI=1S/C20H23N5/c1-5-16-10-6-9-14(3)19(16)23-18-12-21-25-20(24-18)22-17-11-7-8-13(2)15(17)4/h6-12H,5H2,1-4H3,(H2,22,23,24,25). The molecule has 0 aliphatic carbocycles. The maximum absolute atomic E-state index is 4.55. The molecule has 0 saturated heterocycles. The molecule has 0 bridgehead atoms. The Morgan fingerprint density at radius 1 is 0.920 bits per heavy atom. The number of aryl methyl sites for hydroxylation is 3. The normalized spacial score (nSPS) is 10.6. The van der Waals surface area contributed by atoms with Crippen molar-refractivity contribution >= 4 is 23.1 Å². The summed E-state index contributed by atoms with van der Waals surface area (Å²) < 4.78 is 0.